The first kappa shape index (κ1) is 22.3. The Bertz CT molecular complexity index is 962. The van der Waals surface area contributed by atoms with Crippen molar-refractivity contribution in [3.8, 4) is 0 Å². The number of aliphatic carboxylic acids is 1. The molecule has 1 N–H and O–H groups in total. The third-order valence-electron chi connectivity index (χ3n) is 6.21. The van der Waals surface area contributed by atoms with E-state index in [-0.39, 0.29) is 17.7 Å². The minimum atomic E-state index is -1.08. The van der Waals surface area contributed by atoms with Crippen LogP contribution in [0.15, 0.2) is 15.9 Å². The predicted molar refractivity (Wildman–Crippen MR) is 115 cm³/mol. The molecule has 2 aliphatic rings. The summed E-state index contributed by atoms with van der Waals surface area (Å²) < 4.78 is 3.33. The minimum absolute atomic E-state index is 0.108. The van der Waals surface area contributed by atoms with Gasteiger partial charge in [0.2, 0.25) is 0 Å². The van der Waals surface area contributed by atoms with E-state index >= 15 is 0 Å². The zero-order valence-corrected chi connectivity index (χ0v) is 18.0. The normalized spacial score (nSPS) is 18.2. The summed E-state index contributed by atoms with van der Waals surface area (Å²) in [6.07, 6.45) is 13.1. The van der Waals surface area contributed by atoms with Gasteiger partial charge in [0, 0.05) is 20.6 Å². The number of aryl methyl sites for hydroxylation is 1. The maximum atomic E-state index is 11.9. The molecule has 2 aromatic rings. The SMILES string of the molecule is C1CCC(CN2CCCCC2)CC1.Cn1c(=O)c2c(ncn2CC(=O)O)n(C)c1=O. The number of rotatable bonds is 4. The molecule has 0 bridgehead atoms. The smallest absolute Gasteiger partial charge is 0.332 e. The van der Waals surface area contributed by atoms with E-state index in [1.54, 1.807) is 0 Å². The van der Waals surface area contributed by atoms with Gasteiger partial charge >= 0.3 is 11.7 Å². The van der Waals surface area contributed by atoms with Gasteiger partial charge < -0.3 is 14.6 Å². The van der Waals surface area contributed by atoms with Crippen LogP contribution in [0.3, 0.4) is 0 Å². The maximum absolute atomic E-state index is 11.9. The molecule has 3 heterocycles. The summed E-state index contributed by atoms with van der Waals surface area (Å²) in [6, 6.07) is 0. The number of hydrogen-bond donors (Lipinski definition) is 1. The first-order chi connectivity index (χ1) is 14.4. The van der Waals surface area contributed by atoms with E-state index in [9.17, 15) is 14.4 Å². The Morgan fingerprint density at radius 1 is 1.03 bits per heavy atom. The highest BCUT2D eigenvalue weighted by atomic mass is 16.4. The molecule has 1 saturated carbocycles. The monoisotopic (exact) mass is 419 g/mol. The first-order valence-electron chi connectivity index (χ1n) is 10.9. The van der Waals surface area contributed by atoms with E-state index in [4.69, 9.17) is 5.11 Å². The van der Waals surface area contributed by atoms with Crippen molar-refractivity contribution >= 4 is 17.1 Å². The number of piperidine rings is 1. The van der Waals surface area contributed by atoms with Crippen molar-refractivity contribution in [3.05, 3.63) is 27.2 Å². The average Bonchev–Trinajstić information content (AvgIpc) is 3.16. The van der Waals surface area contributed by atoms with Crippen molar-refractivity contribution < 1.29 is 9.90 Å². The van der Waals surface area contributed by atoms with Gasteiger partial charge in [0.25, 0.3) is 5.56 Å². The predicted octanol–water partition coefficient (Wildman–Crippen LogP) is 1.57. The number of fused-ring (bicyclic) bond motifs is 1. The molecule has 166 valence electrons. The van der Waals surface area contributed by atoms with E-state index in [0.717, 1.165) is 10.5 Å². The summed E-state index contributed by atoms with van der Waals surface area (Å²) >= 11 is 0. The molecule has 9 nitrogen and oxygen atoms in total. The fourth-order valence-corrected chi connectivity index (χ4v) is 4.54. The molecule has 0 atom stereocenters. The Morgan fingerprint density at radius 3 is 2.30 bits per heavy atom. The van der Waals surface area contributed by atoms with Crippen LogP contribution in [-0.4, -0.2) is 54.3 Å². The van der Waals surface area contributed by atoms with Crippen LogP contribution < -0.4 is 11.2 Å². The van der Waals surface area contributed by atoms with Gasteiger partial charge in [0.05, 0.1) is 6.33 Å². The van der Waals surface area contributed by atoms with Gasteiger partial charge in [-0.2, -0.15) is 0 Å². The Kier molecular flexibility index (Phi) is 7.47. The number of imidazole rings is 1. The highest BCUT2D eigenvalue weighted by molar-refractivity contribution is 5.74. The van der Waals surface area contributed by atoms with Gasteiger partial charge in [-0.05, 0) is 44.7 Å². The molecule has 2 fully saturated rings. The number of carboxylic acid groups (broad SMARTS) is 1. The molecule has 0 radical (unpaired) electrons. The molecule has 0 unspecified atom stereocenters. The lowest BCUT2D eigenvalue weighted by Gasteiger charge is -2.32. The highest BCUT2D eigenvalue weighted by Crippen LogP contribution is 2.25. The van der Waals surface area contributed by atoms with Crippen LogP contribution in [0, 0.1) is 5.92 Å². The number of likely N-dealkylation sites (tertiary alicyclic amines) is 1. The lowest BCUT2D eigenvalue weighted by Crippen LogP contribution is -2.37. The number of aromatic nitrogens is 4. The van der Waals surface area contributed by atoms with Crippen LogP contribution in [0.25, 0.3) is 11.2 Å². The van der Waals surface area contributed by atoms with Gasteiger partial charge in [0.1, 0.15) is 6.54 Å². The fraction of sp³-hybridized carbons (Fsp3) is 0.714. The summed E-state index contributed by atoms with van der Waals surface area (Å²) in [4.78, 5) is 40.7. The molecular formula is C21H33N5O4. The van der Waals surface area contributed by atoms with Gasteiger partial charge in [0.15, 0.2) is 11.2 Å². The maximum Gasteiger partial charge on any atom is 0.332 e. The summed E-state index contributed by atoms with van der Waals surface area (Å²) in [5, 5.41) is 8.70. The third-order valence-corrected chi connectivity index (χ3v) is 6.21. The van der Waals surface area contributed by atoms with E-state index < -0.39 is 17.2 Å². The van der Waals surface area contributed by atoms with E-state index in [2.05, 4.69) is 9.88 Å². The van der Waals surface area contributed by atoms with Crippen molar-refractivity contribution in [1.82, 2.24) is 23.6 Å². The number of nitrogens with zero attached hydrogens (tertiary/aromatic N) is 5. The molecule has 1 aliphatic heterocycles. The number of carbonyl (C=O) groups is 1. The molecule has 0 aromatic carbocycles. The molecule has 9 heteroatoms. The Morgan fingerprint density at radius 2 is 1.67 bits per heavy atom. The second-order valence-corrected chi connectivity index (χ2v) is 8.51. The van der Waals surface area contributed by atoms with Crippen LogP contribution >= 0.6 is 0 Å². The van der Waals surface area contributed by atoms with Gasteiger partial charge in [-0.3, -0.25) is 18.7 Å². The van der Waals surface area contributed by atoms with Crippen LogP contribution in [0.2, 0.25) is 0 Å². The first-order valence-corrected chi connectivity index (χ1v) is 10.9. The van der Waals surface area contributed by atoms with Gasteiger partial charge in [-0.1, -0.05) is 25.7 Å². The van der Waals surface area contributed by atoms with Crippen molar-refractivity contribution in [3.63, 3.8) is 0 Å². The quantitative estimate of drug-likeness (QED) is 0.807. The van der Waals surface area contributed by atoms with Crippen LogP contribution in [-0.2, 0) is 25.4 Å². The Balaban J connectivity index is 0.000000177. The summed E-state index contributed by atoms with van der Waals surface area (Å²) in [5.41, 5.74) is -0.763. The molecule has 30 heavy (non-hydrogen) atoms. The molecule has 2 aromatic heterocycles. The lowest BCUT2D eigenvalue weighted by atomic mass is 9.88. The lowest BCUT2D eigenvalue weighted by molar-refractivity contribution is -0.137. The molecule has 1 aliphatic carbocycles. The van der Waals surface area contributed by atoms with Crippen LogP contribution in [0.5, 0.6) is 0 Å². The zero-order chi connectivity index (χ0) is 21.7. The topological polar surface area (TPSA) is 102 Å². The summed E-state index contributed by atoms with van der Waals surface area (Å²) in [7, 11) is 2.81. The second kappa shape index (κ2) is 10.1. The second-order valence-electron chi connectivity index (χ2n) is 8.51. The van der Waals surface area contributed by atoms with Crippen LogP contribution in [0.1, 0.15) is 51.4 Å². The van der Waals surface area contributed by atoms with E-state index in [1.165, 1.54) is 101 Å². The van der Waals surface area contributed by atoms with Crippen LogP contribution in [0.4, 0.5) is 0 Å². The zero-order valence-electron chi connectivity index (χ0n) is 18.0. The third kappa shape index (κ3) is 5.19. The Hall–Kier alpha value is -2.42. The molecule has 0 spiro atoms. The largest absolute Gasteiger partial charge is 0.480 e. The molecule has 0 amide bonds. The summed E-state index contributed by atoms with van der Waals surface area (Å²) in [6.45, 7) is 3.82. The van der Waals surface area contributed by atoms with E-state index in [1.807, 2.05) is 0 Å². The van der Waals surface area contributed by atoms with E-state index in [0.29, 0.717) is 0 Å². The van der Waals surface area contributed by atoms with Crippen molar-refractivity contribution in [2.24, 2.45) is 20.0 Å². The molecular weight excluding hydrogens is 386 g/mol. The number of carboxylic acids is 1. The molecule has 4 rings (SSSR count). The standard InChI is InChI=1S/C12H23N.C9H10N4O4/c1-3-7-12(8-4-1)11-13-9-5-2-6-10-13;1-11-7-6(8(16)12(2)9(11)17)13(4-10-7)3-5(14)15/h12H,1-11H2;4H,3H2,1-2H3,(H,14,15). The molecule has 1 saturated heterocycles. The minimum Gasteiger partial charge on any atom is -0.480 e. The average molecular weight is 420 g/mol. The van der Waals surface area contributed by atoms with Gasteiger partial charge in [-0.25, -0.2) is 9.78 Å². The summed E-state index contributed by atoms with van der Waals surface area (Å²) in [5.74, 6) is -0.0351. The van der Waals surface area contributed by atoms with Crippen molar-refractivity contribution in [2.45, 2.75) is 57.9 Å². The van der Waals surface area contributed by atoms with Crippen molar-refractivity contribution in [2.75, 3.05) is 19.6 Å². The fourth-order valence-electron chi connectivity index (χ4n) is 4.54. The van der Waals surface area contributed by atoms with Gasteiger partial charge in [-0.15, -0.1) is 0 Å². The number of hydrogen-bond acceptors (Lipinski definition) is 5. The Labute approximate surface area is 175 Å². The highest BCUT2D eigenvalue weighted by Gasteiger charge is 2.18. The van der Waals surface area contributed by atoms with Crippen molar-refractivity contribution in [1.29, 1.82) is 0 Å².